The van der Waals surface area contributed by atoms with Gasteiger partial charge in [0, 0.05) is 0 Å². The van der Waals surface area contributed by atoms with E-state index in [9.17, 15) is 0 Å². The zero-order valence-electron chi connectivity index (χ0n) is 3.40. The number of hydrogen-bond acceptors (Lipinski definition) is 3. The molecule has 0 saturated carbocycles. The molecule has 0 radical (unpaired) electrons. The lowest BCUT2D eigenvalue weighted by molar-refractivity contribution is 0.579. The fourth-order valence-corrected chi connectivity index (χ4v) is 0.258. The van der Waals surface area contributed by atoms with Gasteiger partial charge in [-0.2, -0.15) is 0 Å². The molecule has 7 heavy (non-hydrogen) atoms. The van der Waals surface area contributed by atoms with E-state index in [-0.39, 0.29) is 5.88 Å². The summed E-state index contributed by atoms with van der Waals surface area (Å²) in [6, 6.07) is 0. The Morgan fingerprint density at radius 1 is 1.86 bits per heavy atom. The normalized spacial score (nSPS) is 7.86. The summed E-state index contributed by atoms with van der Waals surface area (Å²) >= 11 is 0. The van der Waals surface area contributed by atoms with Crippen molar-refractivity contribution in [3.05, 3.63) is 17.6 Å². The first-order chi connectivity index (χ1) is 3.43. The topological polar surface area (TPSA) is 54.2 Å². The molecule has 0 aliphatic carbocycles. The fraction of sp³-hybridized carbons (Fsp3) is 0. The Balaban J connectivity index is 3.04. The van der Waals surface area contributed by atoms with Crippen molar-refractivity contribution in [3.63, 3.8) is 0 Å². The molecule has 0 atom stereocenters. The average molecular weight is 96.1 g/mol. The van der Waals surface area contributed by atoms with Crippen LogP contribution in [0.1, 0.15) is 0 Å². The molecule has 0 aliphatic rings. The maximum atomic E-state index is 7.92. The van der Waals surface area contributed by atoms with Crippen LogP contribution >= 0.6 is 0 Å². The molecule has 1 heterocycles. The van der Waals surface area contributed by atoms with Crippen LogP contribution in [0.2, 0.25) is 0 Å². The van der Waals surface area contributed by atoms with Crippen molar-refractivity contribution in [1.82, 2.24) is 4.98 Å². The highest BCUT2D eigenvalue weighted by molar-refractivity contribution is 5.24. The van der Waals surface area contributed by atoms with Gasteiger partial charge in [-0.05, 0) is 0 Å². The standard InChI is InChI=1S/C3H2N3O/c4-6-3-1-5-2-7-3/h1-2H/q+1. The summed E-state index contributed by atoms with van der Waals surface area (Å²) in [7, 11) is 0. The Labute approximate surface area is 39.4 Å². The van der Waals surface area contributed by atoms with Crippen LogP contribution in [0.25, 0.3) is 4.98 Å². The minimum Gasteiger partial charge on any atom is -0.376 e. The Morgan fingerprint density at radius 2 is 2.71 bits per heavy atom. The van der Waals surface area contributed by atoms with E-state index in [0.29, 0.717) is 0 Å². The molecule has 1 aromatic rings. The van der Waals surface area contributed by atoms with E-state index < -0.39 is 0 Å². The van der Waals surface area contributed by atoms with Crippen molar-refractivity contribution in [3.8, 4) is 0 Å². The van der Waals surface area contributed by atoms with Gasteiger partial charge in [-0.15, -0.1) is 0 Å². The quantitative estimate of drug-likeness (QED) is 0.455. The number of oxazole rings is 1. The number of nitrogens with zero attached hydrogens (tertiary/aromatic N) is 3. The minimum atomic E-state index is 0.125. The third-order valence-electron chi connectivity index (χ3n) is 0.518. The molecule has 0 unspecified atom stereocenters. The van der Waals surface area contributed by atoms with Gasteiger partial charge in [0.1, 0.15) is 0 Å². The lowest BCUT2D eigenvalue weighted by atomic mass is 10.8. The maximum Gasteiger partial charge on any atom is 0.571 e. The van der Waals surface area contributed by atoms with E-state index in [1.165, 1.54) is 12.6 Å². The fourth-order valence-electron chi connectivity index (χ4n) is 0.258. The number of diazo groups is 1. The second kappa shape index (κ2) is 1.39. The number of aromatic nitrogens is 1. The van der Waals surface area contributed by atoms with Gasteiger partial charge in [-0.1, -0.05) is 0 Å². The van der Waals surface area contributed by atoms with Gasteiger partial charge >= 0.3 is 5.88 Å². The van der Waals surface area contributed by atoms with Crippen molar-refractivity contribution in [2.24, 2.45) is 0 Å². The minimum absolute atomic E-state index is 0.125. The molecule has 34 valence electrons. The van der Waals surface area contributed by atoms with Gasteiger partial charge in [0.25, 0.3) is 0 Å². The first-order valence-corrected chi connectivity index (χ1v) is 1.67. The Hall–Kier alpha value is -1.37. The van der Waals surface area contributed by atoms with E-state index in [0.717, 1.165) is 0 Å². The molecule has 0 amide bonds. The summed E-state index contributed by atoms with van der Waals surface area (Å²) in [6.45, 7) is 0. The highest BCUT2D eigenvalue weighted by Gasteiger charge is 2.04. The second-order valence-corrected chi connectivity index (χ2v) is 0.940. The van der Waals surface area contributed by atoms with Gasteiger partial charge in [0.15, 0.2) is 12.6 Å². The summed E-state index contributed by atoms with van der Waals surface area (Å²) in [5, 5.41) is 7.92. The summed E-state index contributed by atoms with van der Waals surface area (Å²) in [5.74, 6) is 0.125. The predicted octanol–water partition coefficient (Wildman–Crippen LogP) is 1.16. The van der Waals surface area contributed by atoms with Gasteiger partial charge in [-0.3, -0.25) is 0 Å². The molecule has 0 aliphatic heterocycles. The maximum absolute atomic E-state index is 7.92. The van der Waals surface area contributed by atoms with Crippen LogP contribution in [0.4, 0.5) is 5.88 Å². The smallest absolute Gasteiger partial charge is 0.376 e. The molecule has 0 N–H and O–H groups in total. The highest BCUT2D eigenvalue weighted by Crippen LogP contribution is 2.05. The van der Waals surface area contributed by atoms with Crippen LogP contribution in [0.15, 0.2) is 17.0 Å². The first-order valence-electron chi connectivity index (χ1n) is 1.67. The van der Waals surface area contributed by atoms with Crippen molar-refractivity contribution >= 4 is 5.88 Å². The molecule has 1 aromatic heterocycles. The lowest BCUT2D eigenvalue weighted by Gasteiger charge is -1.47. The van der Waals surface area contributed by atoms with E-state index in [4.69, 9.17) is 5.39 Å². The van der Waals surface area contributed by atoms with Crippen LogP contribution in [-0.4, -0.2) is 4.98 Å². The van der Waals surface area contributed by atoms with Gasteiger partial charge in [-0.25, -0.2) is 4.98 Å². The molecule has 0 fully saturated rings. The van der Waals surface area contributed by atoms with Crippen LogP contribution in [0.3, 0.4) is 0 Å². The molecule has 4 heteroatoms. The third kappa shape index (κ3) is 0.550. The summed E-state index contributed by atoms with van der Waals surface area (Å²) in [5.41, 5.74) is 0. The Bertz CT molecular complexity index is 173. The molecular weight excluding hydrogens is 94.1 g/mol. The summed E-state index contributed by atoms with van der Waals surface area (Å²) in [6.07, 6.45) is 2.50. The number of hydrogen-bond donors (Lipinski definition) is 0. The lowest BCUT2D eigenvalue weighted by Crippen LogP contribution is -1.41. The van der Waals surface area contributed by atoms with Crippen LogP contribution < -0.4 is 0 Å². The molecular formula is C3H2N3O+. The van der Waals surface area contributed by atoms with Gasteiger partial charge < -0.3 is 4.42 Å². The highest BCUT2D eigenvalue weighted by atomic mass is 16.3. The average Bonchev–Trinajstić information content (AvgIpc) is 2.14. The molecule has 0 spiro atoms. The second-order valence-electron chi connectivity index (χ2n) is 0.940. The van der Waals surface area contributed by atoms with Crippen LogP contribution in [0.5, 0.6) is 0 Å². The van der Waals surface area contributed by atoms with Crippen molar-refractivity contribution in [2.45, 2.75) is 0 Å². The summed E-state index contributed by atoms with van der Waals surface area (Å²) in [4.78, 5) is 6.17. The van der Waals surface area contributed by atoms with Crippen molar-refractivity contribution in [2.75, 3.05) is 0 Å². The van der Waals surface area contributed by atoms with Gasteiger partial charge in [0.2, 0.25) is 10.4 Å². The zero-order chi connectivity index (χ0) is 5.11. The number of rotatable bonds is 0. The molecule has 0 bridgehead atoms. The molecule has 1 rings (SSSR count). The third-order valence-corrected chi connectivity index (χ3v) is 0.518. The van der Waals surface area contributed by atoms with Gasteiger partial charge in [0.05, 0.1) is 0 Å². The van der Waals surface area contributed by atoms with E-state index >= 15 is 0 Å². The zero-order valence-corrected chi connectivity index (χ0v) is 3.40. The van der Waals surface area contributed by atoms with Crippen LogP contribution in [0, 0.1) is 5.39 Å². The monoisotopic (exact) mass is 96.0 g/mol. The van der Waals surface area contributed by atoms with E-state index in [1.54, 1.807) is 0 Å². The SMILES string of the molecule is N#[N+]c1cnco1. The van der Waals surface area contributed by atoms with Crippen molar-refractivity contribution in [1.29, 1.82) is 5.39 Å². The van der Waals surface area contributed by atoms with Crippen molar-refractivity contribution < 1.29 is 4.42 Å². The summed E-state index contributed by atoms with van der Waals surface area (Å²) < 4.78 is 4.45. The largest absolute Gasteiger partial charge is 0.571 e. The molecule has 4 nitrogen and oxygen atoms in total. The van der Waals surface area contributed by atoms with E-state index in [1.807, 2.05) is 0 Å². The Morgan fingerprint density at radius 3 is 3.00 bits per heavy atom. The Kier molecular flexibility index (Phi) is 0.755. The predicted molar refractivity (Wildman–Crippen MR) is 21.2 cm³/mol. The van der Waals surface area contributed by atoms with E-state index in [2.05, 4.69) is 14.4 Å². The first kappa shape index (κ1) is 3.81. The van der Waals surface area contributed by atoms with Crippen LogP contribution in [-0.2, 0) is 0 Å². The molecule has 0 saturated heterocycles. The molecule has 0 aromatic carbocycles.